The fourth-order valence-corrected chi connectivity index (χ4v) is 2.01. The van der Waals surface area contributed by atoms with Gasteiger partial charge < -0.3 is 10.1 Å². The molecule has 0 amide bonds. The fourth-order valence-electron chi connectivity index (χ4n) is 2.01. The second-order valence-electron chi connectivity index (χ2n) is 4.90. The first-order chi connectivity index (χ1) is 9.60. The summed E-state index contributed by atoms with van der Waals surface area (Å²) < 4.78 is 19.2. The normalized spacial score (nSPS) is 10.6. The van der Waals surface area contributed by atoms with Crippen molar-refractivity contribution in [2.24, 2.45) is 0 Å². The Labute approximate surface area is 119 Å². The van der Waals surface area contributed by atoms with Crippen molar-refractivity contribution >= 4 is 0 Å². The third kappa shape index (κ3) is 3.58. The average Bonchev–Trinajstić information content (AvgIpc) is 2.43. The Morgan fingerprint density at radius 1 is 1.05 bits per heavy atom. The van der Waals surface area contributed by atoms with E-state index in [4.69, 9.17) is 4.74 Å². The minimum Gasteiger partial charge on any atom is -0.457 e. The van der Waals surface area contributed by atoms with Crippen molar-refractivity contribution < 1.29 is 9.13 Å². The van der Waals surface area contributed by atoms with E-state index in [1.165, 1.54) is 17.7 Å². The van der Waals surface area contributed by atoms with Crippen LogP contribution in [0.1, 0.15) is 23.6 Å². The lowest BCUT2D eigenvalue weighted by molar-refractivity contribution is 0.464. The maximum atomic E-state index is 13.3. The van der Waals surface area contributed by atoms with Gasteiger partial charge in [0.25, 0.3) is 0 Å². The van der Waals surface area contributed by atoms with Crippen LogP contribution in [0.4, 0.5) is 4.39 Å². The smallest absolute Gasteiger partial charge is 0.133 e. The van der Waals surface area contributed by atoms with Gasteiger partial charge in [0, 0.05) is 18.2 Å². The van der Waals surface area contributed by atoms with E-state index in [9.17, 15) is 4.39 Å². The van der Waals surface area contributed by atoms with E-state index >= 15 is 0 Å². The number of nitrogens with one attached hydrogen (secondary N) is 1. The molecular formula is C17H20FNO. The van der Waals surface area contributed by atoms with Crippen LogP contribution in [-0.4, -0.2) is 6.54 Å². The predicted octanol–water partition coefficient (Wildman–Crippen LogP) is 4.34. The van der Waals surface area contributed by atoms with Crippen LogP contribution < -0.4 is 10.1 Å². The Kier molecular flexibility index (Phi) is 4.74. The van der Waals surface area contributed by atoms with Gasteiger partial charge in [-0.25, -0.2) is 4.39 Å². The summed E-state index contributed by atoms with van der Waals surface area (Å²) in [5.74, 6) is 1.04. The van der Waals surface area contributed by atoms with Crippen LogP contribution in [0.15, 0.2) is 36.4 Å². The summed E-state index contributed by atoms with van der Waals surface area (Å²) in [5, 5.41) is 3.29. The number of hydrogen-bond donors (Lipinski definition) is 1. The maximum absolute atomic E-state index is 13.3. The van der Waals surface area contributed by atoms with Crippen LogP contribution in [-0.2, 0) is 6.54 Å². The molecule has 0 aliphatic rings. The number of ether oxygens (including phenoxy) is 1. The molecule has 0 atom stereocenters. The molecular weight excluding hydrogens is 253 g/mol. The Morgan fingerprint density at radius 2 is 1.85 bits per heavy atom. The van der Waals surface area contributed by atoms with Gasteiger partial charge in [-0.05, 0) is 38.1 Å². The van der Waals surface area contributed by atoms with Crippen molar-refractivity contribution in [3.63, 3.8) is 0 Å². The number of halogens is 1. The van der Waals surface area contributed by atoms with Crippen LogP contribution >= 0.6 is 0 Å². The average molecular weight is 273 g/mol. The summed E-state index contributed by atoms with van der Waals surface area (Å²) >= 11 is 0. The number of aryl methyl sites for hydroxylation is 2. The van der Waals surface area contributed by atoms with Crippen LogP contribution in [0.3, 0.4) is 0 Å². The van der Waals surface area contributed by atoms with Crippen LogP contribution in [0.25, 0.3) is 0 Å². The molecule has 0 heterocycles. The van der Waals surface area contributed by atoms with Gasteiger partial charge in [0.1, 0.15) is 17.3 Å². The van der Waals surface area contributed by atoms with Crippen LogP contribution in [0.5, 0.6) is 11.5 Å². The zero-order valence-corrected chi connectivity index (χ0v) is 12.2. The molecule has 2 rings (SSSR count). The Hall–Kier alpha value is -1.87. The SMILES string of the molecule is CCNCc1cc(C)ccc1Oc1cc(F)ccc1C. The Bertz CT molecular complexity index is 596. The van der Waals surface area contributed by atoms with E-state index in [-0.39, 0.29) is 5.82 Å². The second kappa shape index (κ2) is 6.53. The molecule has 0 saturated heterocycles. The van der Waals surface area contributed by atoms with Gasteiger partial charge in [-0.1, -0.05) is 30.7 Å². The van der Waals surface area contributed by atoms with E-state index in [1.54, 1.807) is 6.07 Å². The number of rotatable bonds is 5. The molecule has 0 spiro atoms. The van der Waals surface area contributed by atoms with Crippen LogP contribution in [0.2, 0.25) is 0 Å². The van der Waals surface area contributed by atoms with Gasteiger partial charge in [-0.3, -0.25) is 0 Å². The molecule has 0 aliphatic carbocycles. The lowest BCUT2D eigenvalue weighted by Gasteiger charge is -2.14. The second-order valence-corrected chi connectivity index (χ2v) is 4.90. The van der Waals surface area contributed by atoms with Crippen LogP contribution in [0, 0.1) is 19.7 Å². The molecule has 2 nitrogen and oxygen atoms in total. The molecule has 0 bridgehead atoms. The molecule has 1 N–H and O–H groups in total. The Balaban J connectivity index is 2.30. The van der Waals surface area contributed by atoms with Crippen molar-refractivity contribution in [2.45, 2.75) is 27.3 Å². The van der Waals surface area contributed by atoms with E-state index < -0.39 is 0 Å². The lowest BCUT2D eigenvalue weighted by atomic mass is 10.1. The standard InChI is InChI=1S/C17H20FNO/c1-4-19-11-14-9-12(2)5-8-16(14)20-17-10-15(18)7-6-13(17)3/h5-10,19H,4,11H2,1-3H3. The highest BCUT2D eigenvalue weighted by atomic mass is 19.1. The minimum absolute atomic E-state index is 0.286. The highest BCUT2D eigenvalue weighted by molar-refractivity contribution is 5.42. The van der Waals surface area contributed by atoms with E-state index in [0.29, 0.717) is 5.75 Å². The Morgan fingerprint density at radius 3 is 2.60 bits per heavy atom. The lowest BCUT2D eigenvalue weighted by Crippen LogP contribution is -2.12. The number of hydrogen-bond acceptors (Lipinski definition) is 2. The van der Waals surface area contributed by atoms with E-state index in [2.05, 4.69) is 18.3 Å². The van der Waals surface area contributed by atoms with Gasteiger partial charge in [0.15, 0.2) is 0 Å². The molecule has 3 heteroatoms. The highest BCUT2D eigenvalue weighted by Gasteiger charge is 2.08. The molecule has 0 aliphatic heterocycles. The minimum atomic E-state index is -0.286. The van der Waals surface area contributed by atoms with Gasteiger partial charge >= 0.3 is 0 Å². The van der Waals surface area contributed by atoms with Gasteiger partial charge in [-0.2, -0.15) is 0 Å². The summed E-state index contributed by atoms with van der Waals surface area (Å²) in [4.78, 5) is 0. The van der Waals surface area contributed by atoms with E-state index in [1.807, 2.05) is 26.0 Å². The maximum Gasteiger partial charge on any atom is 0.133 e. The van der Waals surface area contributed by atoms with Crippen molar-refractivity contribution in [3.05, 3.63) is 58.9 Å². The monoisotopic (exact) mass is 273 g/mol. The van der Waals surface area contributed by atoms with Crippen molar-refractivity contribution in [3.8, 4) is 11.5 Å². The molecule has 0 unspecified atom stereocenters. The van der Waals surface area contributed by atoms with Crippen molar-refractivity contribution in [1.29, 1.82) is 0 Å². The van der Waals surface area contributed by atoms with Crippen molar-refractivity contribution in [1.82, 2.24) is 5.32 Å². The quantitative estimate of drug-likeness (QED) is 0.874. The highest BCUT2D eigenvalue weighted by Crippen LogP contribution is 2.29. The molecule has 2 aromatic carbocycles. The largest absolute Gasteiger partial charge is 0.457 e. The summed E-state index contributed by atoms with van der Waals surface area (Å²) in [6.45, 7) is 7.65. The summed E-state index contributed by atoms with van der Waals surface area (Å²) in [6, 6.07) is 10.6. The first-order valence-electron chi connectivity index (χ1n) is 6.84. The van der Waals surface area contributed by atoms with E-state index in [0.717, 1.165) is 30.0 Å². The predicted molar refractivity (Wildman–Crippen MR) is 79.8 cm³/mol. The first kappa shape index (κ1) is 14.5. The third-order valence-corrected chi connectivity index (χ3v) is 3.15. The molecule has 0 fully saturated rings. The molecule has 106 valence electrons. The first-order valence-corrected chi connectivity index (χ1v) is 6.84. The molecule has 0 radical (unpaired) electrons. The molecule has 2 aromatic rings. The summed E-state index contributed by atoms with van der Waals surface area (Å²) in [6.07, 6.45) is 0. The zero-order chi connectivity index (χ0) is 14.5. The molecule has 0 aromatic heterocycles. The topological polar surface area (TPSA) is 21.3 Å². The van der Waals surface area contributed by atoms with Gasteiger partial charge in [0.05, 0.1) is 0 Å². The summed E-state index contributed by atoms with van der Waals surface area (Å²) in [7, 11) is 0. The fraction of sp³-hybridized carbons (Fsp3) is 0.294. The van der Waals surface area contributed by atoms with Crippen molar-refractivity contribution in [2.75, 3.05) is 6.54 Å². The van der Waals surface area contributed by atoms with Gasteiger partial charge in [0.2, 0.25) is 0 Å². The number of benzene rings is 2. The molecule has 0 saturated carbocycles. The van der Waals surface area contributed by atoms with Gasteiger partial charge in [-0.15, -0.1) is 0 Å². The third-order valence-electron chi connectivity index (χ3n) is 3.15. The summed E-state index contributed by atoms with van der Waals surface area (Å²) in [5.41, 5.74) is 3.18. The molecule has 20 heavy (non-hydrogen) atoms. The zero-order valence-electron chi connectivity index (χ0n) is 12.2.